The Labute approximate surface area is 161 Å². The molecule has 0 saturated heterocycles. The number of hydrazone groups is 1. The molecule has 0 fully saturated rings. The van der Waals surface area contributed by atoms with Gasteiger partial charge in [0.05, 0.1) is 19.1 Å². The molecule has 1 heterocycles. The molecule has 0 spiro atoms. The second-order valence-corrected chi connectivity index (χ2v) is 6.47. The third-order valence-corrected chi connectivity index (χ3v) is 4.60. The number of ether oxygens (including phenoxy) is 1. The second-order valence-electron chi connectivity index (χ2n) is 5.52. The van der Waals surface area contributed by atoms with Crippen LogP contribution in [0.1, 0.15) is 11.4 Å². The van der Waals surface area contributed by atoms with Crippen molar-refractivity contribution in [3.63, 3.8) is 0 Å². The molecule has 0 radical (unpaired) electrons. The zero-order valence-corrected chi connectivity index (χ0v) is 15.8. The largest absolute Gasteiger partial charge is 0.496 e. The van der Waals surface area contributed by atoms with Crippen LogP contribution in [0.15, 0.2) is 64.9 Å². The maximum absolute atomic E-state index is 12.1. The van der Waals surface area contributed by atoms with Crippen LogP contribution in [0, 0.1) is 6.92 Å². The molecule has 138 valence electrons. The molecule has 3 aromatic rings. The Bertz CT molecular complexity index is 940. The first kappa shape index (κ1) is 18.7. The number of benzene rings is 2. The first-order valence-corrected chi connectivity index (χ1v) is 9.22. The highest BCUT2D eigenvalue weighted by Gasteiger charge is 2.12. The summed E-state index contributed by atoms with van der Waals surface area (Å²) in [6.45, 7) is 1.88. The number of methoxy groups -OCH3 is 1. The molecule has 1 aromatic heterocycles. The van der Waals surface area contributed by atoms with E-state index in [1.807, 2.05) is 66.1 Å². The minimum absolute atomic E-state index is 0.175. The normalized spacial score (nSPS) is 10.9. The van der Waals surface area contributed by atoms with Gasteiger partial charge in [-0.25, -0.2) is 5.43 Å². The van der Waals surface area contributed by atoms with Crippen LogP contribution in [0.2, 0.25) is 0 Å². The van der Waals surface area contributed by atoms with E-state index in [1.165, 1.54) is 11.8 Å². The van der Waals surface area contributed by atoms with Gasteiger partial charge in [0.2, 0.25) is 0 Å². The highest BCUT2D eigenvalue weighted by molar-refractivity contribution is 7.99. The smallest absolute Gasteiger partial charge is 0.250 e. The Morgan fingerprint density at radius 1 is 1.19 bits per heavy atom. The van der Waals surface area contributed by atoms with Crippen molar-refractivity contribution in [1.29, 1.82) is 0 Å². The second kappa shape index (κ2) is 9.00. The molecule has 0 atom stereocenters. The van der Waals surface area contributed by atoms with E-state index in [2.05, 4.69) is 20.7 Å². The van der Waals surface area contributed by atoms with Crippen molar-refractivity contribution >= 4 is 23.9 Å². The zero-order chi connectivity index (χ0) is 19.1. The average Bonchev–Trinajstić information content (AvgIpc) is 3.08. The molecule has 0 bridgehead atoms. The zero-order valence-electron chi connectivity index (χ0n) is 15.0. The number of carbonyl (C=O) groups is 1. The van der Waals surface area contributed by atoms with Crippen molar-refractivity contribution in [2.75, 3.05) is 12.9 Å². The van der Waals surface area contributed by atoms with Crippen LogP contribution in [-0.2, 0) is 4.79 Å². The summed E-state index contributed by atoms with van der Waals surface area (Å²) in [4.78, 5) is 12.1. The van der Waals surface area contributed by atoms with Gasteiger partial charge in [0.1, 0.15) is 11.6 Å². The number of thioether (sulfide) groups is 1. The average molecular weight is 381 g/mol. The quantitative estimate of drug-likeness (QED) is 0.387. The Morgan fingerprint density at radius 3 is 2.70 bits per heavy atom. The van der Waals surface area contributed by atoms with E-state index in [0.717, 1.165) is 17.1 Å². The number of nitrogens with zero attached hydrogens (tertiary/aromatic N) is 4. The van der Waals surface area contributed by atoms with Gasteiger partial charge in [-0.15, -0.1) is 10.2 Å². The van der Waals surface area contributed by atoms with Gasteiger partial charge in [-0.3, -0.25) is 9.36 Å². The molecule has 2 aromatic carbocycles. The van der Waals surface area contributed by atoms with Gasteiger partial charge in [-0.05, 0) is 31.2 Å². The van der Waals surface area contributed by atoms with Crippen molar-refractivity contribution in [3.8, 4) is 11.4 Å². The fraction of sp³-hybridized carbons (Fsp3) is 0.158. The van der Waals surface area contributed by atoms with E-state index in [4.69, 9.17) is 4.74 Å². The standard InChI is InChI=1S/C19H19N5O2S/c1-14-21-23-19(24(14)16-9-4-3-5-10-16)27-13-18(25)22-20-12-15-8-6-7-11-17(15)26-2/h3-12H,13H2,1-2H3,(H,22,25)/b20-12-. The minimum atomic E-state index is -0.230. The van der Waals surface area contributed by atoms with Crippen molar-refractivity contribution in [3.05, 3.63) is 66.0 Å². The predicted molar refractivity (Wildman–Crippen MR) is 106 cm³/mol. The third kappa shape index (κ3) is 4.73. The fourth-order valence-electron chi connectivity index (χ4n) is 2.42. The lowest BCUT2D eigenvalue weighted by Crippen LogP contribution is -2.20. The first-order valence-electron chi connectivity index (χ1n) is 8.24. The Kier molecular flexibility index (Phi) is 6.22. The number of amides is 1. The third-order valence-electron chi connectivity index (χ3n) is 3.67. The summed E-state index contributed by atoms with van der Waals surface area (Å²) in [5.74, 6) is 1.40. The van der Waals surface area contributed by atoms with Gasteiger partial charge in [0.15, 0.2) is 5.16 Å². The summed E-state index contributed by atoms with van der Waals surface area (Å²) in [6.07, 6.45) is 1.55. The summed E-state index contributed by atoms with van der Waals surface area (Å²) in [6, 6.07) is 17.2. The topological polar surface area (TPSA) is 81.4 Å². The van der Waals surface area contributed by atoms with Crippen LogP contribution < -0.4 is 10.2 Å². The number of hydrogen-bond donors (Lipinski definition) is 1. The maximum Gasteiger partial charge on any atom is 0.250 e. The number of para-hydroxylation sites is 2. The van der Waals surface area contributed by atoms with Crippen molar-refractivity contribution in [1.82, 2.24) is 20.2 Å². The molecule has 0 aliphatic rings. The predicted octanol–water partition coefficient (Wildman–Crippen LogP) is 2.83. The minimum Gasteiger partial charge on any atom is -0.496 e. The number of rotatable bonds is 7. The molecule has 0 aliphatic heterocycles. The number of hydrogen-bond acceptors (Lipinski definition) is 6. The van der Waals surface area contributed by atoms with E-state index in [-0.39, 0.29) is 11.7 Å². The molecule has 3 rings (SSSR count). The number of carbonyl (C=O) groups excluding carboxylic acids is 1. The first-order chi connectivity index (χ1) is 13.2. The molecule has 7 nitrogen and oxygen atoms in total. The van der Waals surface area contributed by atoms with E-state index < -0.39 is 0 Å². The van der Waals surface area contributed by atoms with Gasteiger partial charge in [0, 0.05) is 11.3 Å². The van der Waals surface area contributed by atoms with Crippen LogP contribution in [0.5, 0.6) is 5.75 Å². The van der Waals surface area contributed by atoms with E-state index in [0.29, 0.717) is 10.9 Å². The summed E-state index contributed by atoms with van der Waals surface area (Å²) in [5.41, 5.74) is 4.26. The molecule has 8 heteroatoms. The van der Waals surface area contributed by atoms with Crippen molar-refractivity contribution < 1.29 is 9.53 Å². The lowest BCUT2D eigenvalue weighted by atomic mass is 10.2. The summed E-state index contributed by atoms with van der Waals surface area (Å²) in [7, 11) is 1.59. The summed E-state index contributed by atoms with van der Waals surface area (Å²) < 4.78 is 7.15. The van der Waals surface area contributed by atoms with Gasteiger partial charge in [-0.1, -0.05) is 42.1 Å². The fourth-order valence-corrected chi connectivity index (χ4v) is 3.21. The Hall–Kier alpha value is -3.13. The summed E-state index contributed by atoms with van der Waals surface area (Å²) >= 11 is 1.30. The molecule has 1 amide bonds. The Morgan fingerprint density at radius 2 is 1.93 bits per heavy atom. The lowest BCUT2D eigenvalue weighted by Gasteiger charge is -2.07. The van der Waals surface area contributed by atoms with Crippen LogP contribution in [-0.4, -0.2) is 39.7 Å². The summed E-state index contributed by atoms with van der Waals surface area (Å²) in [5, 5.41) is 12.9. The highest BCUT2D eigenvalue weighted by atomic mass is 32.2. The molecule has 1 N–H and O–H groups in total. The number of aromatic nitrogens is 3. The van der Waals surface area contributed by atoms with Gasteiger partial charge in [0.25, 0.3) is 5.91 Å². The van der Waals surface area contributed by atoms with Gasteiger partial charge >= 0.3 is 0 Å². The van der Waals surface area contributed by atoms with Crippen molar-refractivity contribution in [2.45, 2.75) is 12.1 Å². The van der Waals surface area contributed by atoms with Gasteiger partial charge in [-0.2, -0.15) is 5.10 Å². The van der Waals surface area contributed by atoms with Crippen LogP contribution in [0.25, 0.3) is 5.69 Å². The SMILES string of the molecule is COc1ccccc1/C=N\NC(=O)CSc1nnc(C)n1-c1ccccc1. The van der Waals surface area contributed by atoms with Crippen LogP contribution in [0.3, 0.4) is 0 Å². The Balaban J connectivity index is 1.60. The van der Waals surface area contributed by atoms with Crippen LogP contribution >= 0.6 is 11.8 Å². The van der Waals surface area contributed by atoms with Gasteiger partial charge < -0.3 is 4.74 Å². The lowest BCUT2D eigenvalue weighted by molar-refractivity contribution is -0.118. The molecular formula is C19H19N5O2S. The van der Waals surface area contributed by atoms with E-state index in [9.17, 15) is 4.79 Å². The van der Waals surface area contributed by atoms with E-state index in [1.54, 1.807) is 13.3 Å². The monoisotopic (exact) mass is 381 g/mol. The van der Waals surface area contributed by atoms with E-state index >= 15 is 0 Å². The molecule has 27 heavy (non-hydrogen) atoms. The maximum atomic E-state index is 12.1. The molecular weight excluding hydrogens is 362 g/mol. The molecule has 0 aliphatic carbocycles. The van der Waals surface area contributed by atoms with Crippen LogP contribution in [0.4, 0.5) is 0 Å². The molecule has 0 saturated carbocycles. The molecule has 0 unspecified atom stereocenters. The van der Waals surface area contributed by atoms with Crippen molar-refractivity contribution in [2.24, 2.45) is 5.10 Å². The number of aryl methyl sites for hydroxylation is 1. The highest BCUT2D eigenvalue weighted by Crippen LogP contribution is 2.21. The number of nitrogens with one attached hydrogen (secondary N) is 1.